The predicted octanol–water partition coefficient (Wildman–Crippen LogP) is 2.12. The Labute approximate surface area is 126 Å². The van der Waals surface area contributed by atoms with E-state index in [9.17, 15) is 14.7 Å². The Balaban J connectivity index is 1.88. The average Bonchev–Trinajstić information content (AvgIpc) is 2.90. The van der Waals surface area contributed by atoms with Crippen molar-refractivity contribution in [2.24, 2.45) is 23.7 Å². The number of imide groups is 1. The molecule has 6 unspecified atom stereocenters. The number of hydrogen-bond donors (Lipinski definition) is 1. The number of fused-ring (bicyclic) bond motifs is 1. The van der Waals surface area contributed by atoms with E-state index in [1.54, 1.807) is 0 Å². The van der Waals surface area contributed by atoms with E-state index in [4.69, 9.17) is 0 Å². The van der Waals surface area contributed by atoms with Crippen molar-refractivity contribution in [3.05, 3.63) is 12.2 Å². The first-order chi connectivity index (χ1) is 10.1. The molecule has 1 N–H and O–H groups in total. The number of aliphatic hydroxyl groups is 1. The Morgan fingerprint density at radius 2 is 1.81 bits per heavy atom. The zero-order valence-electron chi connectivity index (χ0n) is 12.9. The van der Waals surface area contributed by atoms with Crippen molar-refractivity contribution in [2.75, 3.05) is 0 Å². The lowest BCUT2D eigenvalue weighted by Gasteiger charge is -2.34. The van der Waals surface area contributed by atoms with Crippen LogP contribution in [0.5, 0.6) is 0 Å². The molecule has 1 aliphatic heterocycles. The number of rotatable bonds is 2. The summed E-state index contributed by atoms with van der Waals surface area (Å²) in [6, 6.07) is -0.289. The average molecular weight is 291 g/mol. The molecule has 2 amide bonds. The molecular formula is C17H25NO3. The van der Waals surface area contributed by atoms with Crippen LogP contribution in [-0.4, -0.2) is 34.0 Å². The van der Waals surface area contributed by atoms with Crippen LogP contribution in [0.1, 0.15) is 46.0 Å². The van der Waals surface area contributed by atoms with Crippen LogP contribution < -0.4 is 0 Å². The highest BCUT2D eigenvalue weighted by molar-refractivity contribution is 6.06. The molecule has 2 aliphatic carbocycles. The van der Waals surface area contributed by atoms with Crippen LogP contribution in [0.2, 0.25) is 0 Å². The van der Waals surface area contributed by atoms with E-state index in [1.807, 2.05) is 13.0 Å². The van der Waals surface area contributed by atoms with Gasteiger partial charge < -0.3 is 5.11 Å². The summed E-state index contributed by atoms with van der Waals surface area (Å²) in [7, 11) is 0. The number of hydrogen-bond acceptors (Lipinski definition) is 3. The smallest absolute Gasteiger partial charge is 0.234 e. The Morgan fingerprint density at radius 1 is 1.14 bits per heavy atom. The van der Waals surface area contributed by atoms with Gasteiger partial charge in [0, 0.05) is 0 Å². The van der Waals surface area contributed by atoms with E-state index >= 15 is 0 Å². The monoisotopic (exact) mass is 291 g/mol. The largest absolute Gasteiger partial charge is 0.391 e. The van der Waals surface area contributed by atoms with Gasteiger partial charge in [-0.1, -0.05) is 31.9 Å². The second-order valence-electron chi connectivity index (χ2n) is 6.92. The van der Waals surface area contributed by atoms with E-state index in [1.165, 1.54) is 4.90 Å². The van der Waals surface area contributed by atoms with Crippen molar-refractivity contribution in [3.63, 3.8) is 0 Å². The zero-order valence-corrected chi connectivity index (χ0v) is 12.9. The Hall–Kier alpha value is -1.16. The Morgan fingerprint density at radius 3 is 2.48 bits per heavy atom. The summed E-state index contributed by atoms with van der Waals surface area (Å²) < 4.78 is 0. The van der Waals surface area contributed by atoms with Crippen LogP contribution in [0.25, 0.3) is 0 Å². The molecule has 3 fully saturated rings. The number of carbonyl (C=O) groups excluding carboxylic acids is 2. The van der Waals surface area contributed by atoms with E-state index < -0.39 is 6.10 Å². The number of amides is 2. The maximum Gasteiger partial charge on any atom is 0.234 e. The van der Waals surface area contributed by atoms with E-state index in [0.717, 1.165) is 25.7 Å². The Bertz CT molecular complexity index is 473. The SMILES string of the molecule is C/C=C/C1CC(C)C2C(=O)N(C3CCCCC3O)C(=O)C12. The standard InChI is InChI=1S/C17H25NO3/c1-3-6-11-9-10(2)14-15(11)17(21)18(16(14)20)12-7-4-5-8-13(12)19/h3,6,10-15,19H,4-5,7-9H2,1-2H3/b6-3+. The van der Waals surface area contributed by atoms with Crippen LogP contribution in [0.3, 0.4) is 0 Å². The van der Waals surface area contributed by atoms with Crippen molar-refractivity contribution in [2.45, 2.75) is 58.1 Å². The van der Waals surface area contributed by atoms with Crippen molar-refractivity contribution >= 4 is 11.8 Å². The number of likely N-dealkylation sites (tertiary alicyclic amines) is 1. The van der Waals surface area contributed by atoms with E-state index in [0.29, 0.717) is 6.42 Å². The molecule has 6 atom stereocenters. The Kier molecular flexibility index (Phi) is 3.91. The highest BCUT2D eigenvalue weighted by Gasteiger charge is 2.58. The van der Waals surface area contributed by atoms with Gasteiger partial charge >= 0.3 is 0 Å². The maximum atomic E-state index is 12.8. The van der Waals surface area contributed by atoms with E-state index in [2.05, 4.69) is 13.0 Å². The lowest BCUT2D eigenvalue weighted by atomic mass is 9.89. The van der Waals surface area contributed by atoms with Crippen molar-refractivity contribution < 1.29 is 14.7 Å². The summed E-state index contributed by atoms with van der Waals surface area (Å²) in [6.07, 6.45) is 7.86. The molecule has 2 saturated carbocycles. The highest BCUT2D eigenvalue weighted by Crippen LogP contribution is 2.49. The molecule has 4 nitrogen and oxygen atoms in total. The van der Waals surface area contributed by atoms with Crippen LogP contribution in [0.15, 0.2) is 12.2 Å². The molecule has 21 heavy (non-hydrogen) atoms. The number of aliphatic hydroxyl groups excluding tert-OH is 1. The second-order valence-corrected chi connectivity index (χ2v) is 6.92. The first-order valence-electron chi connectivity index (χ1n) is 8.24. The van der Waals surface area contributed by atoms with Gasteiger partial charge in [-0.05, 0) is 38.0 Å². The molecule has 4 heteroatoms. The van der Waals surface area contributed by atoms with Gasteiger partial charge in [0.15, 0.2) is 0 Å². The molecule has 0 aromatic rings. The van der Waals surface area contributed by atoms with Gasteiger partial charge in [0.25, 0.3) is 0 Å². The van der Waals surface area contributed by atoms with Gasteiger partial charge in [-0.25, -0.2) is 0 Å². The molecule has 1 saturated heterocycles. The number of allylic oxidation sites excluding steroid dienone is 2. The third-order valence-corrected chi connectivity index (χ3v) is 5.62. The fraction of sp³-hybridized carbons (Fsp3) is 0.765. The molecule has 1 heterocycles. The van der Waals surface area contributed by atoms with Crippen LogP contribution in [-0.2, 0) is 9.59 Å². The summed E-state index contributed by atoms with van der Waals surface area (Å²) in [5, 5.41) is 10.2. The first kappa shape index (κ1) is 14.8. The van der Waals surface area contributed by atoms with Crippen molar-refractivity contribution in [1.82, 2.24) is 4.90 Å². The minimum Gasteiger partial charge on any atom is -0.391 e. The third-order valence-electron chi connectivity index (χ3n) is 5.62. The first-order valence-corrected chi connectivity index (χ1v) is 8.24. The molecule has 0 spiro atoms. The fourth-order valence-corrected chi connectivity index (χ4v) is 4.67. The quantitative estimate of drug-likeness (QED) is 0.626. The summed E-state index contributed by atoms with van der Waals surface area (Å²) in [4.78, 5) is 27.0. The van der Waals surface area contributed by atoms with Crippen molar-refractivity contribution in [3.8, 4) is 0 Å². The van der Waals surface area contributed by atoms with Gasteiger partial charge in [0.05, 0.1) is 24.0 Å². The minimum absolute atomic E-state index is 0.0320. The van der Waals surface area contributed by atoms with Crippen LogP contribution in [0.4, 0.5) is 0 Å². The highest BCUT2D eigenvalue weighted by atomic mass is 16.3. The lowest BCUT2D eigenvalue weighted by molar-refractivity contribution is -0.147. The van der Waals surface area contributed by atoms with Gasteiger partial charge in [-0.15, -0.1) is 0 Å². The fourth-order valence-electron chi connectivity index (χ4n) is 4.67. The third kappa shape index (κ3) is 2.24. The normalized spacial score (nSPS) is 43.9. The van der Waals surface area contributed by atoms with Gasteiger partial charge in [-0.2, -0.15) is 0 Å². The van der Waals surface area contributed by atoms with Gasteiger partial charge in [0.1, 0.15) is 0 Å². The molecular weight excluding hydrogens is 266 g/mol. The van der Waals surface area contributed by atoms with Crippen molar-refractivity contribution in [1.29, 1.82) is 0 Å². The zero-order chi connectivity index (χ0) is 15.1. The molecule has 0 bridgehead atoms. The summed E-state index contributed by atoms with van der Waals surface area (Å²) >= 11 is 0. The van der Waals surface area contributed by atoms with Gasteiger partial charge in [-0.3, -0.25) is 14.5 Å². The molecule has 0 aromatic carbocycles. The summed E-state index contributed by atoms with van der Waals surface area (Å²) in [5.41, 5.74) is 0. The van der Waals surface area contributed by atoms with Crippen LogP contribution >= 0.6 is 0 Å². The number of carbonyl (C=O) groups is 2. The van der Waals surface area contributed by atoms with Crippen LogP contribution in [0, 0.1) is 23.7 Å². The molecule has 116 valence electrons. The molecule has 0 radical (unpaired) electrons. The summed E-state index contributed by atoms with van der Waals surface area (Å²) in [5.74, 6) is -0.0138. The summed E-state index contributed by atoms with van der Waals surface area (Å²) in [6.45, 7) is 4.04. The number of nitrogens with zero attached hydrogens (tertiary/aromatic N) is 1. The minimum atomic E-state index is -0.541. The molecule has 3 aliphatic rings. The van der Waals surface area contributed by atoms with Gasteiger partial charge in [0.2, 0.25) is 11.8 Å². The van der Waals surface area contributed by atoms with E-state index in [-0.39, 0.29) is 41.5 Å². The maximum absolute atomic E-state index is 12.8. The molecule has 0 aromatic heterocycles. The molecule has 3 rings (SSSR count). The second kappa shape index (κ2) is 5.56. The predicted molar refractivity (Wildman–Crippen MR) is 79.2 cm³/mol. The lowest BCUT2D eigenvalue weighted by Crippen LogP contribution is -2.49. The topological polar surface area (TPSA) is 57.6 Å².